The second kappa shape index (κ2) is 5.28. The molecule has 2 aliphatic rings. The number of hydrogen-bond donors (Lipinski definition) is 1. The molecular formula is C13H19N3O3. The number of ether oxygens (including phenoxy) is 1. The van der Waals surface area contributed by atoms with Gasteiger partial charge in [-0.15, -0.1) is 10.2 Å². The van der Waals surface area contributed by atoms with Crippen molar-refractivity contribution < 1.29 is 14.6 Å². The van der Waals surface area contributed by atoms with Crippen LogP contribution in [0.3, 0.4) is 0 Å². The number of carbonyl (C=O) groups is 1. The summed E-state index contributed by atoms with van der Waals surface area (Å²) in [5, 5.41) is 17.7. The van der Waals surface area contributed by atoms with Crippen LogP contribution < -0.4 is 0 Å². The van der Waals surface area contributed by atoms with E-state index in [0.717, 1.165) is 57.0 Å². The Balaban J connectivity index is 1.82. The van der Waals surface area contributed by atoms with Gasteiger partial charge in [0.1, 0.15) is 17.7 Å². The lowest BCUT2D eigenvalue weighted by atomic mass is 9.95. The van der Waals surface area contributed by atoms with E-state index < -0.39 is 12.0 Å². The summed E-state index contributed by atoms with van der Waals surface area (Å²) < 4.78 is 7.22. The molecule has 0 aromatic carbocycles. The van der Waals surface area contributed by atoms with Gasteiger partial charge in [0.25, 0.3) is 0 Å². The van der Waals surface area contributed by atoms with E-state index in [1.165, 1.54) is 0 Å². The van der Waals surface area contributed by atoms with Crippen LogP contribution in [0.4, 0.5) is 0 Å². The summed E-state index contributed by atoms with van der Waals surface area (Å²) in [6.07, 6.45) is 5.28. The summed E-state index contributed by atoms with van der Waals surface area (Å²) in [6.45, 7) is 1.60. The predicted molar refractivity (Wildman–Crippen MR) is 66.9 cm³/mol. The number of aromatic nitrogens is 3. The molecule has 1 N–H and O–H groups in total. The lowest BCUT2D eigenvalue weighted by Crippen LogP contribution is -2.28. The van der Waals surface area contributed by atoms with E-state index in [0.29, 0.717) is 12.3 Å². The first-order valence-corrected chi connectivity index (χ1v) is 6.99. The van der Waals surface area contributed by atoms with Crippen molar-refractivity contribution in [3.8, 4) is 0 Å². The molecule has 0 saturated carbocycles. The second-order valence-corrected chi connectivity index (χ2v) is 5.41. The monoisotopic (exact) mass is 265 g/mol. The molecule has 0 amide bonds. The maximum atomic E-state index is 11.4. The zero-order valence-corrected chi connectivity index (χ0v) is 10.9. The minimum Gasteiger partial charge on any atom is -0.480 e. The van der Waals surface area contributed by atoms with Crippen LogP contribution in [-0.4, -0.2) is 39.1 Å². The van der Waals surface area contributed by atoms with Crippen LogP contribution in [0, 0.1) is 5.92 Å². The molecule has 1 aromatic heterocycles. The number of carboxylic acid groups (broad SMARTS) is 1. The Bertz CT molecular complexity index is 466. The van der Waals surface area contributed by atoms with Crippen LogP contribution in [0.15, 0.2) is 0 Å². The van der Waals surface area contributed by atoms with Crippen molar-refractivity contribution in [2.45, 2.75) is 44.6 Å². The van der Waals surface area contributed by atoms with Crippen molar-refractivity contribution in [2.75, 3.05) is 13.2 Å². The molecule has 19 heavy (non-hydrogen) atoms. The first-order chi connectivity index (χ1) is 9.25. The molecule has 1 aromatic rings. The van der Waals surface area contributed by atoms with Gasteiger partial charge >= 0.3 is 5.97 Å². The Kier molecular flexibility index (Phi) is 3.50. The summed E-state index contributed by atoms with van der Waals surface area (Å²) in [5.74, 6) is 1.45. The molecule has 104 valence electrons. The van der Waals surface area contributed by atoms with Crippen LogP contribution in [0.1, 0.15) is 43.4 Å². The molecule has 0 radical (unpaired) electrons. The average Bonchev–Trinajstić information content (AvgIpc) is 2.83. The first-order valence-electron chi connectivity index (χ1n) is 6.99. The van der Waals surface area contributed by atoms with Crippen molar-refractivity contribution in [2.24, 2.45) is 5.92 Å². The number of nitrogens with zero attached hydrogens (tertiary/aromatic N) is 3. The smallest absolute Gasteiger partial charge is 0.326 e. The lowest BCUT2D eigenvalue weighted by molar-refractivity contribution is -0.141. The summed E-state index contributed by atoms with van der Waals surface area (Å²) in [7, 11) is 0. The topological polar surface area (TPSA) is 77.2 Å². The van der Waals surface area contributed by atoms with Gasteiger partial charge in [0.05, 0.1) is 0 Å². The zero-order valence-electron chi connectivity index (χ0n) is 10.9. The first kappa shape index (κ1) is 12.6. The molecule has 0 aliphatic carbocycles. The highest BCUT2D eigenvalue weighted by Gasteiger charge is 2.30. The number of hydrogen-bond acceptors (Lipinski definition) is 4. The van der Waals surface area contributed by atoms with E-state index in [-0.39, 0.29) is 0 Å². The fraction of sp³-hybridized carbons (Fsp3) is 0.769. The standard InChI is InChI=1S/C13H19N3O3/c17-13(18)10-2-1-3-11-14-15-12(16(10)11)8-9-4-6-19-7-5-9/h9-10H,1-8H2,(H,17,18). The fourth-order valence-corrected chi connectivity index (χ4v) is 3.06. The molecule has 1 atom stereocenters. The van der Waals surface area contributed by atoms with E-state index in [1.807, 2.05) is 4.57 Å². The SMILES string of the molecule is O=C(O)C1CCCc2nnc(CC3CCOCC3)n21. The number of carboxylic acids is 1. The Hall–Kier alpha value is -1.43. The second-order valence-electron chi connectivity index (χ2n) is 5.41. The largest absolute Gasteiger partial charge is 0.480 e. The number of aryl methyl sites for hydroxylation is 1. The van der Waals surface area contributed by atoms with Crippen LogP contribution in [0.2, 0.25) is 0 Å². The van der Waals surface area contributed by atoms with Crippen molar-refractivity contribution in [1.82, 2.24) is 14.8 Å². The highest BCUT2D eigenvalue weighted by molar-refractivity contribution is 5.72. The van der Waals surface area contributed by atoms with Gasteiger partial charge in [-0.2, -0.15) is 0 Å². The van der Waals surface area contributed by atoms with Crippen LogP contribution in [-0.2, 0) is 22.4 Å². The molecule has 6 nitrogen and oxygen atoms in total. The van der Waals surface area contributed by atoms with Gasteiger partial charge in [-0.05, 0) is 31.6 Å². The summed E-state index contributed by atoms with van der Waals surface area (Å²) in [5.41, 5.74) is 0. The van der Waals surface area contributed by atoms with E-state index in [2.05, 4.69) is 10.2 Å². The molecule has 3 heterocycles. The molecule has 2 aliphatic heterocycles. The molecule has 1 unspecified atom stereocenters. The van der Waals surface area contributed by atoms with Crippen molar-refractivity contribution in [3.05, 3.63) is 11.6 Å². The van der Waals surface area contributed by atoms with Crippen LogP contribution in [0.25, 0.3) is 0 Å². The maximum Gasteiger partial charge on any atom is 0.326 e. The van der Waals surface area contributed by atoms with Gasteiger partial charge in [-0.25, -0.2) is 4.79 Å². The predicted octanol–water partition coefficient (Wildman–Crippen LogP) is 1.21. The Morgan fingerprint density at radius 3 is 2.84 bits per heavy atom. The Labute approximate surface area is 111 Å². The van der Waals surface area contributed by atoms with Gasteiger partial charge in [-0.3, -0.25) is 0 Å². The van der Waals surface area contributed by atoms with E-state index >= 15 is 0 Å². The lowest BCUT2D eigenvalue weighted by Gasteiger charge is -2.25. The van der Waals surface area contributed by atoms with E-state index in [1.54, 1.807) is 0 Å². The number of rotatable bonds is 3. The van der Waals surface area contributed by atoms with Crippen molar-refractivity contribution >= 4 is 5.97 Å². The van der Waals surface area contributed by atoms with Gasteiger partial charge < -0.3 is 14.4 Å². The maximum absolute atomic E-state index is 11.4. The third-order valence-corrected chi connectivity index (χ3v) is 4.12. The van der Waals surface area contributed by atoms with Crippen LogP contribution in [0.5, 0.6) is 0 Å². The molecule has 1 fully saturated rings. The summed E-state index contributed by atoms with van der Waals surface area (Å²) >= 11 is 0. The van der Waals surface area contributed by atoms with Gasteiger partial charge in [-0.1, -0.05) is 0 Å². The minimum atomic E-state index is -0.769. The van der Waals surface area contributed by atoms with Gasteiger partial charge in [0.2, 0.25) is 0 Å². The molecular weight excluding hydrogens is 246 g/mol. The Morgan fingerprint density at radius 1 is 1.32 bits per heavy atom. The molecule has 0 bridgehead atoms. The van der Waals surface area contributed by atoms with Gasteiger partial charge in [0, 0.05) is 26.1 Å². The third kappa shape index (κ3) is 2.49. The van der Waals surface area contributed by atoms with Crippen molar-refractivity contribution in [3.63, 3.8) is 0 Å². The summed E-state index contributed by atoms with van der Waals surface area (Å²) in [6, 6.07) is -0.478. The highest BCUT2D eigenvalue weighted by atomic mass is 16.5. The van der Waals surface area contributed by atoms with E-state index in [9.17, 15) is 9.90 Å². The number of aliphatic carboxylic acids is 1. The molecule has 3 rings (SSSR count). The summed E-state index contributed by atoms with van der Waals surface area (Å²) in [4.78, 5) is 11.4. The highest BCUT2D eigenvalue weighted by Crippen LogP contribution is 2.28. The van der Waals surface area contributed by atoms with Gasteiger partial charge in [0.15, 0.2) is 0 Å². The minimum absolute atomic E-state index is 0.478. The normalized spacial score (nSPS) is 24.1. The molecule has 1 saturated heterocycles. The molecule has 6 heteroatoms. The third-order valence-electron chi connectivity index (χ3n) is 4.12. The molecule has 0 spiro atoms. The fourth-order valence-electron chi connectivity index (χ4n) is 3.06. The zero-order chi connectivity index (χ0) is 13.2. The van der Waals surface area contributed by atoms with Crippen LogP contribution >= 0.6 is 0 Å². The van der Waals surface area contributed by atoms with Crippen molar-refractivity contribution in [1.29, 1.82) is 0 Å². The van der Waals surface area contributed by atoms with E-state index in [4.69, 9.17) is 4.74 Å². The Morgan fingerprint density at radius 2 is 2.11 bits per heavy atom. The quantitative estimate of drug-likeness (QED) is 0.888. The average molecular weight is 265 g/mol. The number of fused-ring (bicyclic) bond motifs is 1.